The summed E-state index contributed by atoms with van der Waals surface area (Å²) in [6, 6.07) is 2.45. The first-order chi connectivity index (χ1) is 9.34. The molecule has 1 N–H and O–H groups in total. The smallest absolute Gasteiger partial charge is 0.419 e. The Bertz CT molecular complexity index is 460. The lowest BCUT2D eigenvalue weighted by Gasteiger charge is -2.11. The molecule has 0 fully saturated rings. The van der Waals surface area contributed by atoms with Crippen LogP contribution in [0.4, 0.5) is 23.2 Å². The van der Waals surface area contributed by atoms with Gasteiger partial charge in [0, 0.05) is 5.69 Å². The van der Waals surface area contributed by atoms with Crippen molar-refractivity contribution in [2.75, 3.05) is 18.5 Å². The van der Waals surface area contributed by atoms with E-state index >= 15 is 0 Å². The van der Waals surface area contributed by atoms with Gasteiger partial charge >= 0.3 is 12.1 Å². The van der Waals surface area contributed by atoms with Crippen molar-refractivity contribution in [2.45, 2.75) is 25.9 Å². The van der Waals surface area contributed by atoms with E-state index < -0.39 is 23.5 Å². The number of hydrogen-bond donors (Lipinski definition) is 1. The van der Waals surface area contributed by atoms with E-state index in [2.05, 4.69) is 5.32 Å². The molecular formula is C13H15F4NO2. The summed E-state index contributed by atoms with van der Waals surface area (Å²) in [5.41, 5.74) is -1.37. The zero-order chi connectivity index (χ0) is 15.2. The third kappa shape index (κ3) is 5.07. The molecule has 0 saturated carbocycles. The highest BCUT2D eigenvalue weighted by Crippen LogP contribution is 2.32. The fourth-order valence-electron chi connectivity index (χ4n) is 1.41. The highest BCUT2D eigenvalue weighted by Gasteiger charge is 2.34. The fraction of sp³-hybridized carbons (Fsp3) is 0.462. The average Bonchev–Trinajstić information content (AvgIpc) is 2.36. The molecule has 0 aromatic heterocycles. The van der Waals surface area contributed by atoms with Crippen LogP contribution in [0, 0.1) is 5.82 Å². The molecule has 0 bridgehead atoms. The average molecular weight is 293 g/mol. The van der Waals surface area contributed by atoms with Crippen LogP contribution in [0.1, 0.15) is 25.3 Å². The van der Waals surface area contributed by atoms with E-state index in [1.807, 2.05) is 6.92 Å². The minimum absolute atomic E-state index is 0.00571. The van der Waals surface area contributed by atoms with Gasteiger partial charge in [0.25, 0.3) is 0 Å². The highest BCUT2D eigenvalue weighted by atomic mass is 19.4. The maximum Gasteiger partial charge on any atom is 0.419 e. The minimum Gasteiger partial charge on any atom is -0.464 e. The molecule has 3 nitrogen and oxygen atoms in total. The molecule has 0 amide bonds. The monoisotopic (exact) mass is 293 g/mol. The van der Waals surface area contributed by atoms with Crippen LogP contribution >= 0.6 is 0 Å². The van der Waals surface area contributed by atoms with E-state index in [-0.39, 0.29) is 18.8 Å². The van der Waals surface area contributed by atoms with E-state index in [4.69, 9.17) is 4.74 Å². The second-order valence-electron chi connectivity index (χ2n) is 4.12. The number of ether oxygens (including phenoxy) is 1. The van der Waals surface area contributed by atoms with Crippen molar-refractivity contribution in [3.63, 3.8) is 0 Å². The van der Waals surface area contributed by atoms with Gasteiger partial charge in [0.1, 0.15) is 12.4 Å². The predicted molar refractivity (Wildman–Crippen MR) is 65.8 cm³/mol. The SMILES string of the molecule is CCCCOC(=O)CNc1ccc(F)c(C(F)(F)F)c1. The van der Waals surface area contributed by atoms with Crippen molar-refractivity contribution >= 4 is 11.7 Å². The molecule has 112 valence electrons. The normalized spacial score (nSPS) is 11.2. The molecule has 1 rings (SSSR count). The minimum atomic E-state index is -4.77. The number of anilines is 1. The first-order valence-electron chi connectivity index (χ1n) is 6.11. The summed E-state index contributed by atoms with van der Waals surface area (Å²) in [7, 11) is 0. The third-order valence-corrected chi connectivity index (χ3v) is 2.47. The number of rotatable bonds is 6. The van der Waals surface area contributed by atoms with E-state index in [1.54, 1.807) is 0 Å². The molecule has 0 unspecified atom stereocenters. The van der Waals surface area contributed by atoms with Crippen LogP contribution in [0.3, 0.4) is 0 Å². The molecule has 20 heavy (non-hydrogen) atoms. The Morgan fingerprint density at radius 1 is 1.35 bits per heavy atom. The Hall–Kier alpha value is -1.79. The van der Waals surface area contributed by atoms with Crippen molar-refractivity contribution in [3.05, 3.63) is 29.6 Å². The van der Waals surface area contributed by atoms with Crippen LogP contribution in [0.2, 0.25) is 0 Å². The standard InChI is InChI=1S/C13H15F4NO2/c1-2-3-6-20-12(19)8-18-9-4-5-11(14)10(7-9)13(15,16)17/h4-5,7,18H,2-3,6,8H2,1H3. The van der Waals surface area contributed by atoms with Crippen LogP contribution in [0.25, 0.3) is 0 Å². The lowest BCUT2D eigenvalue weighted by molar-refractivity contribution is -0.141. The lowest BCUT2D eigenvalue weighted by atomic mass is 10.2. The van der Waals surface area contributed by atoms with Crippen LogP contribution in [0.5, 0.6) is 0 Å². The fourth-order valence-corrected chi connectivity index (χ4v) is 1.41. The van der Waals surface area contributed by atoms with Crippen LogP contribution in [-0.2, 0) is 15.7 Å². The van der Waals surface area contributed by atoms with Crippen molar-refractivity contribution in [3.8, 4) is 0 Å². The number of carbonyl (C=O) groups excluding carboxylic acids is 1. The lowest BCUT2D eigenvalue weighted by Crippen LogP contribution is -2.18. The molecule has 0 aliphatic heterocycles. The van der Waals surface area contributed by atoms with Gasteiger partial charge in [0.05, 0.1) is 12.2 Å². The van der Waals surface area contributed by atoms with Gasteiger partial charge in [-0.15, -0.1) is 0 Å². The van der Waals surface area contributed by atoms with E-state index in [1.165, 1.54) is 0 Å². The molecule has 1 aromatic carbocycles. The summed E-state index contributed by atoms with van der Waals surface area (Å²) in [5, 5.41) is 2.47. The van der Waals surface area contributed by atoms with E-state index in [0.29, 0.717) is 12.1 Å². The van der Waals surface area contributed by atoms with Gasteiger partial charge in [-0.1, -0.05) is 13.3 Å². The van der Waals surface area contributed by atoms with Gasteiger partial charge in [-0.3, -0.25) is 4.79 Å². The maximum atomic E-state index is 13.0. The van der Waals surface area contributed by atoms with Crippen LogP contribution < -0.4 is 5.32 Å². The quantitative estimate of drug-likeness (QED) is 0.495. The Morgan fingerprint density at radius 2 is 2.05 bits per heavy atom. The summed E-state index contributed by atoms with van der Waals surface area (Å²) in [5.74, 6) is -1.93. The summed E-state index contributed by atoms with van der Waals surface area (Å²) in [4.78, 5) is 11.3. The molecule has 1 aromatic rings. The molecule has 0 aliphatic rings. The van der Waals surface area contributed by atoms with Crippen molar-refractivity contribution in [1.29, 1.82) is 0 Å². The Labute approximate surface area is 113 Å². The summed E-state index contributed by atoms with van der Waals surface area (Å²) in [6.07, 6.45) is -3.18. The summed E-state index contributed by atoms with van der Waals surface area (Å²) >= 11 is 0. The largest absolute Gasteiger partial charge is 0.464 e. The number of alkyl halides is 3. The first-order valence-corrected chi connectivity index (χ1v) is 6.11. The molecule has 7 heteroatoms. The molecule has 0 heterocycles. The second-order valence-corrected chi connectivity index (χ2v) is 4.12. The van der Waals surface area contributed by atoms with E-state index in [9.17, 15) is 22.4 Å². The highest BCUT2D eigenvalue weighted by molar-refractivity contribution is 5.75. The topological polar surface area (TPSA) is 38.3 Å². The van der Waals surface area contributed by atoms with Crippen LogP contribution in [-0.4, -0.2) is 19.1 Å². The Morgan fingerprint density at radius 3 is 2.65 bits per heavy atom. The number of hydrogen-bond acceptors (Lipinski definition) is 3. The van der Waals surface area contributed by atoms with Crippen molar-refractivity contribution in [2.24, 2.45) is 0 Å². The van der Waals surface area contributed by atoms with E-state index in [0.717, 1.165) is 18.9 Å². The maximum absolute atomic E-state index is 13.0. The molecule has 0 atom stereocenters. The van der Waals surface area contributed by atoms with Gasteiger partial charge in [-0.2, -0.15) is 13.2 Å². The van der Waals surface area contributed by atoms with Gasteiger partial charge in [-0.05, 0) is 24.6 Å². The zero-order valence-electron chi connectivity index (χ0n) is 10.9. The van der Waals surface area contributed by atoms with Crippen molar-refractivity contribution < 1.29 is 27.1 Å². The number of carbonyl (C=O) groups is 1. The predicted octanol–water partition coefficient (Wildman–Crippen LogP) is 3.60. The van der Waals surface area contributed by atoms with Gasteiger partial charge < -0.3 is 10.1 Å². The van der Waals surface area contributed by atoms with Gasteiger partial charge in [-0.25, -0.2) is 4.39 Å². The van der Waals surface area contributed by atoms with Crippen molar-refractivity contribution in [1.82, 2.24) is 0 Å². The summed E-state index contributed by atoms with van der Waals surface area (Å²) < 4.78 is 55.3. The Kier molecular flexibility index (Phi) is 5.79. The number of halogens is 4. The van der Waals surface area contributed by atoms with Gasteiger partial charge in [0.15, 0.2) is 0 Å². The van der Waals surface area contributed by atoms with Crippen LogP contribution in [0.15, 0.2) is 18.2 Å². The first kappa shape index (κ1) is 16.3. The molecule has 0 saturated heterocycles. The molecule has 0 radical (unpaired) electrons. The number of unbranched alkanes of at least 4 members (excludes halogenated alkanes) is 1. The second kappa shape index (κ2) is 7.12. The molecule has 0 spiro atoms. The summed E-state index contributed by atoms with van der Waals surface area (Å²) in [6.45, 7) is 1.93. The molecular weight excluding hydrogens is 278 g/mol. The third-order valence-electron chi connectivity index (χ3n) is 2.47. The zero-order valence-corrected chi connectivity index (χ0v) is 10.9. The number of nitrogens with one attached hydrogen (secondary N) is 1. The molecule has 0 aliphatic carbocycles. The Balaban J connectivity index is 2.59. The number of esters is 1. The van der Waals surface area contributed by atoms with Gasteiger partial charge in [0.2, 0.25) is 0 Å². The number of benzene rings is 1.